The van der Waals surface area contributed by atoms with Crippen LogP contribution >= 0.6 is 24.0 Å². The second-order valence-corrected chi connectivity index (χ2v) is 7.67. The maximum Gasteiger partial charge on any atom is 0.309 e. The largest absolute Gasteiger partial charge is 0.466 e. The van der Waals surface area contributed by atoms with Crippen molar-refractivity contribution in [1.29, 1.82) is 0 Å². The van der Waals surface area contributed by atoms with Crippen molar-refractivity contribution < 1.29 is 9.53 Å². The van der Waals surface area contributed by atoms with Crippen LogP contribution in [0.3, 0.4) is 0 Å². The Hall–Kier alpha value is -0.570. The molecule has 0 saturated carbocycles. The number of rotatable bonds is 7. The Morgan fingerprint density at radius 1 is 1.15 bits per heavy atom. The maximum absolute atomic E-state index is 11.9. The molecule has 27 heavy (non-hydrogen) atoms. The third-order valence-electron chi connectivity index (χ3n) is 5.32. The summed E-state index contributed by atoms with van der Waals surface area (Å²) in [4.78, 5) is 21.7. The molecule has 7 heteroatoms. The molecule has 1 N–H and O–H groups in total. The number of esters is 1. The first-order valence-corrected chi connectivity index (χ1v) is 10.6. The highest BCUT2D eigenvalue weighted by Crippen LogP contribution is 2.19. The lowest BCUT2D eigenvalue weighted by Crippen LogP contribution is -2.47. The van der Waals surface area contributed by atoms with E-state index < -0.39 is 0 Å². The molecule has 2 rings (SSSR count). The van der Waals surface area contributed by atoms with E-state index in [-0.39, 0.29) is 35.9 Å². The zero-order valence-corrected chi connectivity index (χ0v) is 19.7. The highest BCUT2D eigenvalue weighted by molar-refractivity contribution is 14.0. The molecule has 0 spiro atoms. The molecule has 2 aliphatic heterocycles. The Balaban J connectivity index is 0.00000364. The molecule has 1 unspecified atom stereocenters. The van der Waals surface area contributed by atoms with Crippen LogP contribution in [0.25, 0.3) is 0 Å². The molecule has 0 amide bonds. The molecule has 0 aliphatic carbocycles. The molecule has 2 saturated heterocycles. The molecule has 2 fully saturated rings. The van der Waals surface area contributed by atoms with Crippen molar-refractivity contribution in [2.45, 2.75) is 52.9 Å². The van der Waals surface area contributed by atoms with Crippen LogP contribution in [0.15, 0.2) is 4.99 Å². The Morgan fingerprint density at radius 3 is 2.41 bits per heavy atom. The van der Waals surface area contributed by atoms with Gasteiger partial charge in [0.15, 0.2) is 5.96 Å². The van der Waals surface area contributed by atoms with Crippen molar-refractivity contribution in [2.75, 3.05) is 52.4 Å². The minimum Gasteiger partial charge on any atom is -0.466 e. The predicted octanol–water partition coefficient (Wildman–Crippen LogP) is 2.97. The normalized spacial score (nSPS) is 20.7. The van der Waals surface area contributed by atoms with Gasteiger partial charge in [0.05, 0.1) is 12.5 Å². The average molecular weight is 494 g/mol. The third-order valence-corrected chi connectivity index (χ3v) is 5.32. The molecule has 158 valence electrons. The van der Waals surface area contributed by atoms with Crippen molar-refractivity contribution in [3.8, 4) is 0 Å². The van der Waals surface area contributed by atoms with Crippen LogP contribution < -0.4 is 5.32 Å². The highest BCUT2D eigenvalue weighted by Gasteiger charge is 2.27. The first-order chi connectivity index (χ1) is 12.6. The number of likely N-dealkylation sites (tertiary alicyclic amines) is 2. The zero-order chi connectivity index (χ0) is 18.8. The number of nitrogens with one attached hydrogen (secondary N) is 1. The highest BCUT2D eigenvalue weighted by atomic mass is 127. The van der Waals surface area contributed by atoms with Gasteiger partial charge in [0, 0.05) is 32.7 Å². The Labute approximate surface area is 182 Å². The van der Waals surface area contributed by atoms with E-state index in [0.29, 0.717) is 12.5 Å². The van der Waals surface area contributed by atoms with Gasteiger partial charge in [-0.3, -0.25) is 9.79 Å². The molecule has 0 radical (unpaired) electrons. The summed E-state index contributed by atoms with van der Waals surface area (Å²) in [5, 5.41) is 3.43. The van der Waals surface area contributed by atoms with Crippen LogP contribution in [0, 0.1) is 11.8 Å². The second kappa shape index (κ2) is 13.6. The minimum absolute atomic E-state index is 0. The fourth-order valence-electron chi connectivity index (χ4n) is 3.90. The van der Waals surface area contributed by atoms with Crippen molar-refractivity contribution >= 4 is 35.9 Å². The van der Waals surface area contributed by atoms with Gasteiger partial charge in [-0.25, -0.2) is 0 Å². The molecule has 0 bridgehead atoms. The number of nitrogens with zero attached hydrogens (tertiary/aromatic N) is 3. The summed E-state index contributed by atoms with van der Waals surface area (Å²) in [6.45, 7) is 13.9. The number of guanidine groups is 1. The molecule has 6 nitrogen and oxygen atoms in total. The van der Waals surface area contributed by atoms with E-state index in [1.54, 1.807) is 0 Å². The maximum atomic E-state index is 11.9. The Kier molecular flexibility index (Phi) is 12.3. The van der Waals surface area contributed by atoms with Crippen LogP contribution in [-0.4, -0.2) is 74.1 Å². The van der Waals surface area contributed by atoms with E-state index >= 15 is 0 Å². The predicted molar refractivity (Wildman–Crippen MR) is 122 cm³/mol. The molecule has 2 heterocycles. The van der Waals surface area contributed by atoms with Gasteiger partial charge in [-0.2, -0.15) is 0 Å². The SMILES string of the molecule is CCNC(=NCC(C)CN1CCCCC1)N1CCC(C(=O)OCC)CC1.I. The van der Waals surface area contributed by atoms with Crippen LogP contribution in [-0.2, 0) is 9.53 Å². The zero-order valence-electron chi connectivity index (χ0n) is 17.4. The quantitative estimate of drug-likeness (QED) is 0.255. The van der Waals surface area contributed by atoms with E-state index in [9.17, 15) is 4.79 Å². The summed E-state index contributed by atoms with van der Waals surface area (Å²) in [6.07, 6.45) is 5.77. The van der Waals surface area contributed by atoms with Crippen molar-refractivity contribution in [3.63, 3.8) is 0 Å². The van der Waals surface area contributed by atoms with E-state index in [4.69, 9.17) is 9.73 Å². The van der Waals surface area contributed by atoms with Crippen LogP contribution in [0.2, 0.25) is 0 Å². The standard InChI is InChI=1S/C20H38N4O2.HI/c1-4-21-20(22-15-17(3)16-23-11-7-6-8-12-23)24-13-9-18(10-14-24)19(25)26-5-2;/h17-18H,4-16H2,1-3H3,(H,21,22);1H. The Bertz CT molecular complexity index is 447. The van der Waals surface area contributed by atoms with Crippen LogP contribution in [0.4, 0.5) is 0 Å². The molecule has 2 aliphatic rings. The summed E-state index contributed by atoms with van der Waals surface area (Å²) in [5.74, 6) is 1.58. The van der Waals surface area contributed by atoms with Crippen molar-refractivity contribution in [1.82, 2.24) is 15.1 Å². The number of aliphatic imine (C=N–C) groups is 1. The van der Waals surface area contributed by atoms with Gasteiger partial charge in [-0.15, -0.1) is 24.0 Å². The molecule has 0 aromatic heterocycles. The number of ether oxygens (including phenoxy) is 1. The van der Waals surface area contributed by atoms with E-state index in [0.717, 1.165) is 51.5 Å². The lowest BCUT2D eigenvalue weighted by molar-refractivity contribution is -0.149. The van der Waals surface area contributed by atoms with Crippen molar-refractivity contribution in [3.05, 3.63) is 0 Å². The van der Waals surface area contributed by atoms with Gasteiger partial charge in [-0.05, 0) is 58.5 Å². The summed E-state index contributed by atoms with van der Waals surface area (Å²) in [6, 6.07) is 0. The van der Waals surface area contributed by atoms with Gasteiger partial charge in [0.25, 0.3) is 0 Å². The summed E-state index contributed by atoms with van der Waals surface area (Å²) in [5.41, 5.74) is 0. The van der Waals surface area contributed by atoms with Gasteiger partial charge >= 0.3 is 5.97 Å². The number of hydrogen-bond donors (Lipinski definition) is 1. The van der Waals surface area contributed by atoms with E-state index in [1.807, 2.05) is 6.92 Å². The lowest BCUT2D eigenvalue weighted by atomic mass is 9.97. The number of carbonyl (C=O) groups is 1. The van der Waals surface area contributed by atoms with Gasteiger partial charge in [-0.1, -0.05) is 13.3 Å². The summed E-state index contributed by atoms with van der Waals surface area (Å²) in [7, 11) is 0. The third kappa shape index (κ3) is 8.54. The molecule has 0 aromatic rings. The lowest BCUT2D eigenvalue weighted by Gasteiger charge is -2.33. The van der Waals surface area contributed by atoms with Crippen LogP contribution in [0.5, 0.6) is 0 Å². The molecule has 0 aromatic carbocycles. The van der Waals surface area contributed by atoms with E-state index in [2.05, 4.69) is 29.0 Å². The van der Waals surface area contributed by atoms with Gasteiger partial charge < -0.3 is 19.9 Å². The average Bonchev–Trinajstić information content (AvgIpc) is 2.66. The van der Waals surface area contributed by atoms with Crippen molar-refractivity contribution in [2.24, 2.45) is 16.8 Å². The number of piperidine rings is 2. The topological polar surface area (TPSA) is 57.2 Å². The second-order valence-electron chi connectivity index (χ2n) is 7.67. The fraction of sp³-hybridized carbons (Fsp3) is 0.900. The number of halogens is 1. The summed E-state index contributed by atoms with van der Waals surface area (Å²) >= 11 is 0. The first kappa shape index (κ1) is 24.5. The first-order valence-electron chi connectivity index (χ1n) is 10.6. The smallest absolute Gasteiger partial charge is 0.309 e. The number of hydrogen-bond acceptors (Lipinski definition) is 4. The fourth-order valence-corrected chi connectivity index (χ4v) is 3.90. The Morgan fingerprint density at radius 2 is 1.81 bits per heavy atom. The van der Waals surface area contributed by atoms with Gasteiger partial charge in [0.1, 0.15) is 0 Å². The van der Waals surface area contributed by atoms with E-state index in [1.165, 1.54) is 32.4 Å². The molecular formula is C20H39IN4O2. The molecular weight excluding hydrogens is 455 g/mol. The van der Waals surface area contributed by atoms with Crippen LogP contribution in [0.1, 0.15) is 52.9 Å². The minimum atomic E-state index is -0.0377. The monoisotopic (exact) mass is 494 g/mol. The number of carbonyl (C=O) groups excluding carboxylic acids is 1. The van der Waals surface area contributed by atoms with Gasteiger partial charge in [0.2, 0.25) is 0 Å². The summed E-state index contributed by atoms with van der Waals surface area (Å²) < 4.78 is 5.17. The molecule has 1 atom stereocenters.